The number of aliphatic imine (C=N–C) groups is 1. The van der Waals surface area contributed by atoms with Gasteiger partial charge in [-0.25, -0.2) is 0 Å². The van der Waals surface area contributed by atoms with Gasteiger partial charge in [-0.05, 0) is 24.3 Å². The summed E-state index contributed by atoms with van der Waals surface area (Å²) < 4.78 is 39.5. The molecule has 0 aromatic heterocycles. The number of hydrogen-bond acceptors (Lipinski definition) is 5. The van der Waals surface area contributed by atoms with Crippen LogP contribution < -0.4 is 15.6 Å². The number of hydrazine groups is 1. The summed E-state index contributed by atoms with van der Waals surface area (Å²) in [6.07, 6.45) is -4.66. The Kier molecular flexibility index (Phi) is 3.85. The van der Waals surface area contributed by atoms with Crippen molar-refractivity contribution in [2.24, 2.45) is 4.99 Å². The molecule has 2 rings (SSSR count). The van der Waals surface area contributed by atoms with Crippen molar-refractivity contribution >= 4 is 22.6 Å². The number of rotatable bonds is 3. The quantitative estimate of drug-likeness (QED) is 0.834. The number of thioether (sulfide) groups is 1. The molecule has 0 aliphatic carbocycles. The topological polar surface area (TPSA) is 45.6 Å². The third-order valence-electron chi connectivity index (χ3n) is 1.99. The number of halogens is 3. The summed E-state index contributed by atoms with van der Waals surface area (Å²) in [7, 11) is 0. The first-order valence-corrected chi connectivity index (χ1v) is 6.06. The average Bonchev–Trinajstić information content (AvgIpc) is 2.79. The summed E-state index contributed by atoms with van der Waals surface area (Å²) in [6.45, 7) is 0.771. The second-order valence-corrected chi connectivity index (χ2v) is 4.44. The molecule has 1 heterocycles. The Morgan fingerprint density at radius 3 is 2.44 bits per heavy atom. The summed E-state index contributed by atoms with van der Waals surface area (Å²) in [5.74, 6) is 0.683. The lowest BCUT2D eigenvalue weighted by Crippen LogP contribution is -2.25. The first-order chi connectivity index (χ1) is 8.53. The maximum Gasteiger partial charge on any atom is 0.573 e. The summed E-state index contributed by atoms with van der Waals surface area (Å²) in [4.78, 5) is 4.15. The minimum atomic E-state index is -4.66. The highest BCUT2D eigenvalue weighted by Gasteiger charge is 2.30. The smallest absolute Gasteiger partial charge is 0.406 e. The largest absolute Gasteiger partial charge is 0.573 e. The molecule has 98 valence electrons. The van der Waals surface area contributed by atoms with Crippen LogP contribution in [0.15, 0.2) is 29.3 Å². The van der Waals surface area contributed by atoms with Crippen LogP contribution in [-0.4, -0.2) is 23.8 Å². The van der Waals surface area contributed by atoms with Crippen LogP contribution in [0.4, 0.5) is 18.9 Å². The summed E-state index contributed by atoms with van der Waals surface area (Å²) >= 11 is 1.58. The van der Waals surface area contributed by atoms with Crippen molar-refractivity contribution in [2.75, 3.05) is 17.7 Å². The first kappa shape index (κ1) is 12.9. The molecule has 4 nitrogen and oxygen atoms in total. The molecule has 0 spiro atoms. The van der Waals surface area contributed by atoms with Gasteiger partial charge in [0.15, 0.2) is 5.17 Å². The molecule has 18 heavy (non-hydrogen) atoms. The second-order valence-electron chi connectivity index (χ2n) is 3.36. The molecule has 0 fully saturated rings. The van der Waals surface area contributed by atoms with Crippen LogP contribution in [0, 0.1) is 0 Å². The molecule has 0 bridgehead atoms. The Morgan fingerprint density at radius 2 is 1.89 bits per heavy atom. The zero-order chi connectivity index (χ0) is 13.0. The van der Waals surface area contributed by atoms with E-state index in [4.69, 9.17) is 0 Å². The maximum absolute atomic E-state index is 11.9. The van der Waals surface area contributed by atoms with E-state index in [9.17, 15) is 13.2 Å². The molecule has 1 aromatic carbocycles. The molecule has 0 saturated carbocycles. The predicted octanol–water partition coefficient (Wildman–Crippen LogP) is 2.60. The Balaban J connectivity index is 1.87. The predicted molar refractivity (Wildman–Crippen MR) is 64.6 cm³/mol. The van der Waals surface area contributed by atoms with E-state index in [0.717, 1.165) is 17.5 Å². The lowest BCUT2D eigenvalue weighted by atomic mass is 10.3. The van der Waals surface area contributed by atoms with E-state index in [-0.39, 0.29) is 5.75 Å². The fourth-order valence-corrected chi connectivity index (χ4v) is 1.96. The van der Waals surface area contributed by atoms with E-state index in [1.54, 1.807) is 11.8 Å². The van der Waals surface area contributed by atoms with Gasteiger partial charge in [0, 0.05) is 5.75 Å². The standard InChI is InChI=1S/C10H10F3N3OS/c11-10(12,13)17-8-3-1-7(2-4-8)15-16-9-14-5-6-18-9/h1-4,15H,5-6H2,(H,14,16). The maximum atomic E-state index is 11.9. The fraction of sp³-hybridized carbons (Fsp3) is 0.300. The molecule has 1 aliphatic heterocycles. The Bertz CT molecular complexity index is 433. The molecule has 8 heteroatoms. The van der Waals surface area contributed by atoms with Gasteiger partial charge in [0.25, 0.3) is 0 Å². The van der Waals surface area contributed by atoms with E-state index in [0.29, 0.717) is 5.69 Å². The number of hydrogen-bond donors (Lipinski definition) is 2. The number of anilines is 1. The molecule has 0 unspecified atom stereocenters. The third-order valence-corrected chi connectivity index (χ3v) is 2.88. The molecule has 0 radical (unpaired) electrons. The molecule has 1 aliphatic rings. The van der Waals surface area contributed by atoms with Crippen LogP contribution in [0.2, 0.25) is 0 Å². The SMILES string of the molecule is FC(F)(F)Oc1ccc(NNC2=NCCS2)cc1. The van der Waals surface area contributed by atoms with Crippen molar-refractivity contribution in [3.8, 4) is 5.75 Å². The Morgan fingerprint density at radius 1 is 1.17 bits per heavy atom. The van der Waals surface area contributed by atoms with Crippen LogP contribution in [-0.2, 0) is 0 Å². The molecule has 0 amide bonds. The molecular formula is C10H10F3N3OS. The molecular weight excluding hydrogens is 267 g/mol. The average molecular weight is 277 g/mol. The number of nitrogens with one attached hydrogen (secondary N) is 2. The van der Waals surface area contributed by atoms with E-state index in [1.807, 2.05) is 0 Å². The fourth-order valence-electron chi connectivity index (χ4n) is 1.28. The number of ether oxygens (including phenoxy) is 1. The number of amidine groups is 1. The van der Waals surface area contributed by atoms with Gasteiger partial charge in [0.1, 0.15) is 5.75 Å². The zero-order valence-corrected chi connectivity index (χ0v) is 9.94. The third kappa shape index (κ3) is 4.02. The zero-order valence-electron chi connectivity index (χ0n) is 9.12. The normalized spacial score (nSPS) is 15.2. The van der Waals surface area contributed by atoms with Crippen molar-refractivity contribution in [3.05, 3.63) is 24.3 Å². The Labute approximate surface area is 106 Å². The number of benzene rings is 1. The van der Waals surface area contributed by atoms with Gasteiger partial charge >= 0.3 is 6.36 Å². The van der Waals surface area contributed by atoms with Crippen LogP contribution in [0.25, 0.3) is 0 Å². The van der Waals surface area contributed by atoms with E-state index < -0.39 is 6.36 Å². The molecule has 2 N–H and O–H groups in total. The van der Waals surface area contributed by atoms with Crippen molar-refractivity contribution < 1.29 is 17.9 Å². The highest BCUT2D eigenvalue weighted by atomic mass is 32.2. The first-order valence-electron chi connectivity index (χ1n) is 5.08. The number of nitrogens with zero attached hydrogens (tertiary/aromatic N) is 1. The van der Waals surface area contributed by atoms with E-state index in [1.165, 1.54) is 24.3 Å². The van der Waals surface area contributed by atoms with Crippen LogP contribution in [0.1, 0.15) is 0 Å². The summed E-state index contributed by atoms with van der Waals surface area (Å²) in [6, 6.07) is 5.44. The van der Waals surface area contributed by atoms with E-state index >= 15 is 0 Å². The van der Waals surface area contributed by atoms with Crippen LogP contribution in [0.5, 0.6) is 5.75 Å². The molecule has 0 atom stereocenters. The van der Waals surface area contributed by atoms with Crippen molar-refractivity contribution in [1.82, 2.24) is 5.43 Å². The van der Waals surface area contributed by atoms with Crippen molar-refractivity contribution in [2.45, 2.75) is 6.36 Å². The summed E-state index contributed by atoms with van der Waals surface area (Å²) in [5.41, 5.74) is 6.33. The van der Waals surface area contributed by atoms with Crippen LogP contribution >= 0.6 is 11.8 Å². The number of alkyl halides is 3. The van der Waals surface area contributed by atoms with Gasteiger partial charge in [0.05, 0.1) is 12.2 Å². The van der Waals surface area contributed by atoms with Gasteiger partial charge in [0.2, 0.25) is 0 Å². The lowest BCUT2D eigenvalue weighted by molar-refractivity contribution is -0.274. The van der Waals surface area contributed by atoms with E-state index in [2.05, 4.69) is 20.6 Å². The highest BCUT2D eigenvalue weighted by Crippen LogP contribution is 2.23. The van der Waals surface area contributed by atoms with Crippen molar-refractivity contribution in [1.29, 1.82) is 0 Å². The Hall–Kier alpha value is -1.57. The lowest BCUT2D eigenvalue weighted by Gasteiger charge is -2.11. The van der Waals surface area contributed by atoms with Gasteiger partial charge < -0.3 is 4.74 Å². The second kappa shape index (κ2) is 5.38. The highest BCUT2D eigenvalue weighted by molar-refractivity contribution is 8.14. The van der Waals surface area contributed by atoms with Gasteiger partial charge in [-0.2, -0.15) is 0 Å². The van der Waals surface area contributed by atoms with Gasteiger partial charge in [-0.1, -0.05) is 11.8 Å². The van der Waals surface area contributed by atoms with Crippen molar-refractivity contribution in [3.63, 3.8) is 0 Å². The van der Waals surface area contributed by atoms with Crippen LogP contribution in [0.3, 0.4) is 0 Å². The monoisotopic (exact) mass is 277 g/mol. The van der Waals surface area contributed by atoms with Gasteiger partial charge in [-0.3, -0.25) is 15.8 Å². The molecule has 1 aromatic rings. The minimum Gasteiger partial charge on any atom is -0.406 e. The molecule has 0 saturated heterocycles. The summed E-state index contributed by atoms with van der Waals surface area (Å²) in [5, 5.41) is 0.769. The van der Waals surface area contributed by atoms with Gasteiger partial charge in [-0.15, -0.1) is 13.2 Å². The minimum absolute atomic E-state index is 0.249.